The lowest BCUT2D eigenvalue weighted by Gasteiger charge is -2.42. The molecule has 2 aliphatic rings. The molecule has 22 heavy (non-hydrogen) atoms. The van der Waals surface area contributed by atoms with Gasteiger partial charge in [0, 0.05) is 18.1 Å². The van der Waals surface area contributed by atoms with Crippen molar-refractivity contribution in [1.82, 2.24) is 4.90 Å². The largest absolute Gasteiger partial charge is 0.495 e. The van der Waals surface area contributed by atoms with E-state index in [0.717, 1.165) is 23.9 Å². The first kappa shape index (κ1) is 15.7. The molecule has 0 radical (unpaired) electrons. The lowest BCUT2D eigenvalue weighted by molar-refractivity contribution is 0.0483. The number of ether oxygens (including phenoxy) is 1. The molecular weight excluding hydrogens is 272 g/mol. The highest BCUT2D eigenvalue weighted by molar-refractivity contribution is 5.59. The Morgan fingerprint density at radius 3 is 2.50 bits per heavy atom. The fourth-order valence-electron chi connectivity index (χ4n) is 4.51. The normalized spacial score (nSPS) is 27.6. The van der Waals surface area contributed by atoms with Crippen molar-refractivity contribution in [3.8, 4) is 5.75 Å². The summed E-state index contributed by atoms with van der Waals surface area (Å²) in [5, 5.41) is 0. The maximum Gasteiger partial charge on any atom is 0.142 e. The average Bonchev–Trinajstić information content (AvgIpc) is 2.77. The van der Waals surface area contributed by atoms with Gasteiger partial charge in [-0.25, -0.2) is 0 Å². The zero-order chi connectivity index (χ0) is 15.9. The molecule has 1 saturated carbocycles. The molecule has 0 atom stereocenters. The molecule has 0 aromatic heterocycles. The third-order valence-corrected chi connectivity index (χ3v) is 6.01. The number of nitrogen functional groups attached to an aromatic ring is 1. The Morgan fingerprint density at radius 2 is 1.91 bits per heavy atom. The Balaban J connectivity index is 1.84. The van der Waals surface area contributed by atoms with Gasteiger partial charge >= 0.3 is 0 Å². The predicted molar refractivity (Wildman–Crippen MR) is 92.0 cm³/mol. The van der Waals surface area contributed by atoms with Crippen LogP contribution in [-0.2, 0) is 12.1 Å². The second kappa shape index (κ2) is 5.77. The molecule has 1 aliphatic heterocycles. The van der Waals surface area contributed by atoms with Crippen molar-refractivity contribution in [3.05, 3.63) is 23.3 Å². The predicted octanol–water partition coefficient (Wildman–Crippen LogP) is 4.30. The minimum Gasteiger partial charge on any atom is -0.495 e. The van der Waals surface area contributed by atoms with Gasteiger partial charge < -0.3 is 10.5 Å². The van der Waals surface area contributed by atoms with Gasteiger partial charge in [0.2, 0.25) is 0 Å². The van der Waals surface area contributed by atoms with Crippen LogP contribution >= 0.6 is 0 Å². The van der Waals surface area contributed by atoms with Crippen LogP contribution in [0.1, 0.15) is 64.0 Å². The smallest absolute Gasteiger partial charge is 0.142 e. The molecule has 0 saturated heterocycles. The van der Waals surface area contributed by atoms with Crippen LogP contribution in [0.4, 0.5) is 5.69 Å². The summed E-state index contributed by atoms with van der Waals surface area (Å²) in [6.45, 7) is 8.05. The molecule has 122 valence electrons. The van der Waals surface area contributed by atoms with Crippen LogP contribution in [-0.4, -0.2) is 18.1 Å². The summed E-state index contributed by atoms with van der Waals surface area (Å²) < 4.78 is 5.43. The van der Waals surface area contributed by atoms with E-state index >= 15 is 0 Å². The van der Waals surface area contributed by atoms with E-state index in [4.69, 9.17) is 10.5 Å². The van der Waals surface area contributed by atoms with Crippen LogP contribution < -0.4 is 10.5 Å². The molecule has 1 fully saturated rings. The highest BCUT2D eigenvalue weighted by Gasteiger charge is 2.42. The summed E-state index contributed by atoms with van der Waals surface area (Å²) >= 11 is 0. The van der Waals surface area contributed by atoms with Gasteiger partial charge in [-0.2, -0.15) is 0 Å². The quantitative estimate of drug-likeness (QED) is 0.846. The van der Waals surface area contributed by atoms with E-state index in [-0.39, 0.29) is 5.54 Å². The number of nitrogens with two attached hydrogens (primary N) is 1. The second-order valence-corrected chi connectivity index (χ2v) is 7.52. The summed E-state index contributed by atoms with van der Waals surface area (Å²) in [5.41, 5.74) is 9.70. The van der Waals surface area contributed by atoms with E-state index < -0.39 is 0 Å². The minimum atomic E-state index is 0.0695. The first-order chi connectivity index (χ1) is 10.5. The number of rotatable bonds is 3. The molecule has 1 heterocycles. The Labute approximate surface area is 134 Å². The number of hydrogen-bond donors (Lipinski definition) is 1. The van der Waals surface area contributed by atoms with Crippen LogP contribution in [0, 0.1) is 5.92 Å². The first-order valence-corrected chi connectivity index (χ1v) is 8.71. The Kier molecular flexibility index (Phi) is 4.11. The Hall–Kier alpha value is -1.22. The summed E-state index contributed by atoms with van der Waals surface area (Å²) in [6, 6.07) is 4.98. The van der Waals surface area contributed by atoms with Gasteiger partial charge in [-0.05, 0) is 68.7 Å². The fourth-order valence-corrected chi connectivity index (χ4v) is 4.51. The molecule has 1 aromatic rings. The topological polar surface area (TPSA) is 38.5 Å². The molecular formula is C19H30N2O. The van der Waals surface area contributed by atoms with Crippen LogP contribution in [0.5, 0.6) is 5.75 Å². The van der Waals surface area contributed by atoms with Gasteiger partial charge in [-0.3, -0.25) is 4.90 Å². The average molecular weight is 302 g/mol. The highest BCUT2D eigenvalue weighted by atomic mass is 16.5. The third-order valence-electron chi connectivity index (χ3n) is 6.01. The SMILES string of the molecule is CC[C@H]1CC[C@H](N2Cc3cc(N)c(OC)cc3C2(C)C)CC1. The number of anilines is 1. The van der Waals surface area contributed by atoms with Crippen molar-refractivity contribution in [2.45, 2.75) is 71.0 Å². The van der Waals surface area contributed by atoms with Crippen molar-refractivity contribution >= 4 is 5.69 Å². The van der Waals surface area contributed by atoms with E-state index in [1.165, 1.54) is 43.2 Å². The van der Waals surface area contributed by atoms with Crippen LogP contribution in [0.25, 0.3) is 0 Å². The summed E-state index contributed by atoms with van der Waals surface area (Å²) in [7, 11) is 1.70. The molecule has 3 heteroatoms. The van der Waals surface area contributed by atoms with E-state index in [2.05, 4.69) is 37.8 Å². The molecule has 0 unspecified atom stereocenters. The number of hydrogen-bond acceptors (Lipinski definition) is 3. The monoisotopic (exact) mass is 302 g/mol. The summed E-state index contributed by atoms with van der Waals surface area (Å²) in [6.07, 6.45) is 6.78. The highest BCUT2D eigenvalue weighted by Crippen LogP contribution is 2.46. The number of fused-ring (bicyclic) bond motifs is 1. The van der Waals surface area contributed by atoms with Gasteiger partial charge in [-0.15, -0.1) is 0 Å². The van der Waals surface area contributed by atoms with Crippen molar-refractivity contribution in [3.63, 3.8) is 0 Å². The standard InChI is InChI=1S/C19H30N2O/c1-5-13-6-8-15(9-7-13)21-12-14-10-17(20)18(22-4)11-16(14)19(21,2)3/h10-11,13,15H,5-9,12,20H2,1-4H3/t13-,15-. The van der Waals surface area contributed by atoms with Crippen LogP contribution in [0.15, 0.2) is 12.1 Å². The van der Waals surface area contributed by atoms with Gasteiger partial charge in [0.15, 0.2) is 0 Å². The van der Waals surface area contributed by atoms with Gasteiger partial charge in [0.05, 0.1) is 12.8 Å². The second-order valence-electron chi connectivity index (χ2n) is 7.52. The maximum absolute atomic E-state index is 6.11. The van der Waals surface area contributed by atoms with E-state index in [1.54, 1.807) is 7.11 Å². The van der Waals surface area contributed by atoms with E-state index in [1.807, 2.05) is 0 Å². The van der Waals surface area contributed by atoms with Gasteiger partial charge in [0.25, 0.3) is 0 Å². The Morgan fingerprint density at radius 1 is 1.23 bits per heavy atom. The number of benzene rings is 1. The molecule has 1 aromatic carbocycles. The van der Waals surface area contributed by atoms with E-state index in [9.17, 15) is 0 Å². The van der Waals surface area contributed by atoms with Crippen molar-refractivity contribution < 1.29 is 4.74 Å². The summed E-state index contributed by atoms with van der Waals surface area (Å²) in [4.78, 5) is 2.70. The molecule has 1 aliphatic carbocycles. The fraction of sp³-hybridized carbons (Fsp3) is 0.684. The van der Waals surface area contributed by atoms with Gasteiger partial charge in [0.1, 0.15) is 5.75 Å². The zero-order valence-corrected chi connectivity index (χ0v) is 14.5. The minimum absolute atomic E-state index is 0.0695. The lowest BCUT2D eigenvalue weighted by Crippen LogP contribution is -2.44. The number of nitrogens with zero attached hydrogens (tertiary/aromatic N) is 1. The Bertz CT molecular complexity index is 545. The van der Waals surface area contributed by atoms with Crippen molar-refractivity contribution in [1.29, 1.82) is 0 Å². The zero-order valence-electron chi connectivity index (χ0n) is 14.5. The molecule has 0 spiro atoms. The molecule has 3 nitrogen and oxygen atoms in total. The maximum atomic E-state index is 6.11. The molecule has 3 rings (SSSR count). The lowest BCUT2D eigenvalue weighted by atomic mass is 9.82. The van der Waals surface area contributed by atoms with Crippen molar-refractivity contribution in [2.75, 3.05) is 12.8 Å². The van der Waals surface area contributed by atoms with Crippen LogP contribution in [0.2, 0.25) is 0 Å². The molecule has 0 amide bonds. The molecule has 0 bridgehead atoms. The molecule has 2 N–H and O–H groups in total. The number of methoxy groups -OCH3 is 1. The first-order valence-electron chi connectivity index (χ1n) is 8.71. The van der Waals surface area contributed by atoms with E-state index in [0.29, 0.717) is 6.04 Å². The summed E-state index contributed by atoms with van der Waals surface area (Å²) in [5.74, 6) is 1.75. The third kappa shape index (κ3) is 2.50. The van der Waals surface area contributed by atoms with Gasteiger partial charge in [-0.1, -0.05) is 13.3 Å². The van der Waals surface area contributed by atoms with Crippen LogP contribution in [0.3, 0.4) is 0 Å². The van der Waals surface area contributed by atoms with Crippen molar-refractivity contribution in [2.24, 2.45) is 5.92 Å².